The number of hydrogen-bond donors (Lipinski definition) is 1. The Labute approximate surface area is 126 Å². The number of benzene rings is 2. The minimum absolute atomic E-state index is 0.618. The molecule has 0 aliphatic rings. The molecule has 1 nitrogen and oxygen atoms in total. The molecule has 2 heteroatoms. The van der Waals surface area contributed by atoms with Gasteiger partial charge in [0.25, 0.3) is 0 Å². The molecule has 1 atom stereocenters. The molecule has 1 unspecified atom stereocenters. The van der Waals surface area contributed by atoms with Gasteiger partial charge < -0.3 is 5.11 Å². The maximum atomic E-state index is 10.4. The number of unbranched alkanes of at least 4 members (excludes halogenated alkanes) is 1. The van der Waals surface area contributed by atoms with Crippen LogP contribution in [-0.4, -0.2) is 5.11 Å². The summed E-state index contributed by atoms with van der Waals surface area (Å²) in [5.41, 5.74) is 4.14. The van der Waals surface area contributed by atoms with Crippen molar-refractivity contribution in [1.82, 2.24) is 0 Å². The zero-order chi connectivity index (χ0) is 14.5. The van der Waals surface area contributed by atoms with Gasteiger partial charge in [-0.25, -0.2) is 0 Å². The normalized spacial score (nSPS) is 12.4. The third-order valence-corrected chi connectivity index (χ3v) is 3.71. The highest BCUT2D eigenvalue weighted by Gasteiger charge is 2.11. The summed E-state index contributed by atoms with van der Waals surface area (Å²) in [5, 5.41) is 11.1. The second kappa shape index (κ2) is 6.92. The molecule has 0 saturated heterocycles. The Hall–Kier alpha value is -1.31. The van der Waals surface area contributed by atoms with E-state index in [9.17, 15) is 5.11 Å². The second-order valence-corrected chi connectivity index (χ2v) is 5.75. The molecule has 0 bridgehead atoms. The van der Waals surface area contributed by atoms with Crippen LogP contribution in [0, 0.1) is 6.92 Å². The van der Waals surface area contributed by atoms with Crippen molar-refractivity contribution in [3.8, 4) is 0 Å². The molecule has 2 rings (SSSR count). The van der Waals surface area contributed by atoms with Crippen LogP contribution < -0.4 is 0 Å². The van der Waals surface area contributed by atoms with E-state index in [0.29, 0.717) is 5.02 Å². The average molecular weight is 289 g/mol. The molecule has 0 saturated carbocycles. The summed E-state index contributed by atoms with van der Waals surface area (Å²) < 4.78 is 0. The van der Waals surface area contributed by atoms with Crippen molar-refractivity contribution in [2.75, 3.05) is 0 Å². The summed E-state index contributed by atoms with van der Waals surface area (Å²) in [6.07, 6.45) is 2.89. The number of hydrogen-bond acceptors (Lipinski definition) is 1. The highest BCUT2D eigenvalue weighted by atomic mass is 35.5. The Morgan fingerprint density at radius 3 is 2.35 bits per heavy atom. The highest BCUT2D eigenvalue weighted by Crippen LogP contribution is 2.26. The van der Waals surface area contributed by atoms with Gasteiger partial charge in [0.1, 0.15) is 6.10 Å². The van der Waals surface area contributed by atoms with Gasteiger partial charge in [-0.05, 0) is 54.2 Å². The zero-order valence-corrected chi connectivity index (χ0v) is 12.8. The predicted molar refractivity (Wildman–Crippen MR) is 85.3 cm³/mol. The third kappa shape index (κ3) is 3.84. The van der Waals surface area contributed by atoms with Gasteiger partial charge in [-0.15, -0.1) is 0 Å². The van der Waals surface area contributed by atoms with Crippen LogP contribution in [0.25, 0.3) is 0 Å². The van der Waals surface area contributed by atoms with Crippen molar-refractivity contribution in [1.29, 1.82) is 0 Å². The third-order valence-electron chi connectivity index (χ3n) is 3.49. The van der Waals surface area contributed by atoms with Gasteiger partial charge in [-0.3, -0.25) is 0 Å². The first-order valence-corrected chi connectivity index (χ1v) is 7.52. The molecule has 0 fully saturated rings. The van der Waals surface area contributed by atoms with Crippen molar-refractivity contribution in [2.45, 2.75) is 39.2 Å². The van der Waals surface area contributed by atoms with E-state index in [1.807, 2.05) is 37.3 Å². The predicted octanol–water partition coefficient (Wildman–Crippen LogP) is 5.07. The molecule has 106 valence electrons. The Morgan fingerprint density at radius 1 is 1.05 bits per heavy atom. The summed E-state index contributed by atoms with van der Waals surface area (Å²) in [7, 11) is 0. The van der Waals surface area contributed by atoms with Crippen molar-refractivity contribution in [3.05, 3.63) is 69.7 Å². The summed E-state index contributed by atoms with van der Waals surface area (Å²) in [6, 6.07) is 13.9. The largest absolute Gasteiger partial charge is 0.384 e. The molecule has 0 aliphatic carbocycles. The Kier molecular flexibility index (Phi) is 5.22. The van der Waals surface area contributed by atoms with Crippen LogP contribution in [0.4, 0.5) is 0 Å². The van der Waals surface area contributed by atoms with E-state index < -0.39 is 6.10 Å². The number of aliphatic hydroxyl groups excluding tert-OH is 1. The fourth-order valence-electron chi connectivity index (χ4n) is 2.36. The van der Waals surface area contributed by atoms with Crippen LogP contribution in [0.15, 0.2) is 42.5 Å². The van der Waals surface area contributed by atoms with Gasteiger partial charge in [0.05, 0.1) is 0 Å². The van der Waals surface area contributed by atoms with Crippen LogP contribution in [0.3, 0.4) is 0 Å². The minimum atomic E-state index is -0.618. The molecular formula is C18H21ClO. The zero-order valence-electron chi connectivity index (χ0n) is 12.1. The molecule has 0 aliphatic heterocycles. The smallest absolute Gasteiger partial charge is 0.104 e. The number of halogens is 1. The van der Waals surface area contributed by atoms with Gasteiger partial charge in [-0.2, -0.15) is 0 Å². The quantitative estimate of drug-likeness (QED) is 0.814. The standard InChI is InChI=1S/C18H21ClO/c1-3-4-5-14-6-8-15(9-7-14)18(20)16-10-13(2)11-17(19)12-16/h6-12,18,20H,3-5H2,1-2H3. The molecule has 20 heavy (non-hydrogen) atoms. The molecule has 2 aromatic rings. The van der Waals surface area contributed by atoms with E-state index in [1.165, 1.54) is 18.4 Å². The van der Waals surface area contributed by atoms with Crippen LogP contribution >= 0.6 is 11.6 Å². The molecule has 0 aromatic heterocycles. The molecular weight excluding hydrogens is 268 g/mol. The summed E-state index contributed by atoms with van der Waals surface area (Å²) >= 11 is 6.05. The molecule has 0 amide bonds. The van der Waals surface area contributed by atoms with Gasteiger partial charge in [-0.1, -0.05) is 55.3 Å². The van der Waals surface area contributed by atoms with Crippen molar-refractivity contribution in [2.24, 2.45) is 0 Å². The first-order valence-electron chi connectivity index (χ1n) is 7.14. The number of rotatable bonds is 5. The minimum Gasteiger partial charge on any atom is -0.384 e. The van der Waals surface area contributed by atoms with Gasteiger partial charge in [0, 0.05) is 5.02 Å². The summed E-state index contributed by atoms with van der Waals surface area (Å²) in [5.74, 6) is 0. The van der Waals surface area contributed by atoms with E-state index in [2.05, 4.69) is 19.1 Å². The van der Waals surface area contributed by atoms with Crippen LogP contribution in [0.5, 0.6) is 0 Å². The Bertz CT molecular complexity index is 540. The lowest BCUT2D eigenvalue weighted by molar-refractivity contribution is 0.220. The summed E-state index contributed by atoms with van der Waals surface area (Å²) in [4.78, 5) is 0. The second-order valence-electron chi connectivity index (χ2n) is 5.31. The lowest BCUT2D eigenvalue weighted by atomic mass is 9.98. The maximum Gasteiger partial charge on any atom is 0.104 e. The molecule has 2 aromatic carbocycles. The Balaban J connectivity index is 2.17. The van der Waals surface area contributed by atoms with E-state index in [4.69, 9.17) is 11.6 Å². The number of aliphatic hydroxyl groups is 1. The number of aryl methyl sites for hydroxylation is 2. The van der Waals surface area contributed by atoms with Gasteiger partial charge >= 0.3 is 0 Å². The van der Waals surface area contributed by atoms with Crippen molar-refractivity contribution >= 4 is 11.6 Å². The molecule has 0 heterocycles. The van der Waals surface area contributed by atoms with E-state index in [-0.39, 0.29) is 0 Å². The topological polar surface area (TPSA) is 20.2 Å². The first kappa shape index (κ1) is 15.1. The first-order chi connectivity index (χ1) is 9.60. The fourth-order valence-corrected chi connectivity index (χ4v) is 2.66. The monoisotopic (exact) mass is 288 g/mol. The van der Waals surface area contributed by atoms with Crippen molar-refractivity contribution < 1.29 is 5.11 Å². The molecule has 0 radical (unpaired) electrons. The highest BCUT2D eigenvalue weighted by molar-refractivity contribution is 6.30. The average Bonchev–Trinajstić information content (AvgIpc) is 2.44. The van der Waals surface area contributed by atoms with E-state index in [0.717, 1.165) is 23.1 Å². The summed E-state index contributed by atoms with van der Waals surface area (Å²) in [6.45, 7) is 4.18. The van der Waals surface area contributed by atoms with Crippen molar-refractivity contribution in [3.63, 3.8) is 0 Å². The van der Waals surface area contributed by atoms with Gasteiger partial charge in [0.15, 0.2) is 0 Å². The van der Waals surface area contributed by atoms with Crippen LogP contribution in [0.1, 0.15) is 48.1 Å². The SMILES string of the molecule is CCCCc1ccc(C(O)c2cc(C)cc(Cl)c2)cc1. The fraction of sp³-hybridized carbons (Fsp3) is 0.333. The molecule has 0 spiro atoms. The molecule has 1 N–H and O–H groups in total. The Morgan fingerprint density at radius 2 is 1.75 bits per heavy atom. The van der Waals surface area contributed by atoms with E-state index in [1.54, 1.807) is 0 Å². The van der Waals surface area contributed by atoms with Gasteiger partial charge in [0.2, 0.25) is 0 Å². The van der Waals surface area contributed by atoms with E-state index >= 15 is 0 Å². The maximum absolute atomic E-state index is 10.4. The van der Waals surface area contributed by atoms with Crippen LogP contribution in [-0.2, 0) is 6.42 Å². The lowest BCUT2D eigenvalue weighted by Gasteiger charge is -2.13. The lowest BCUT2D eigenvalue weighted by Crippen LogP contribution is -2.00. The van der Waals surface area contributed by atoms with Crippen LogP contribution in [0.2, 0.25) is 5.02 Å².